The minimum atomic E-state index is -1.44. The standard InChI is InChI=1S/C10H22O7.C5H9NO4.C4H6O2.2Na/c11-1-9(2-12,3-13)7-17-8-10(4-14,5-15)6-16;6-3(5(9)10)1-2-4(7)8;1-3-4(5)6-2;;/h11-16H,1-8H2;3H,1-2,6H2,(H,7,8)(H,9,10);3H,1H2,2H3;;/q;;;2*+1/p-2. The largest absolute Gasteiger partial charge is 1.00 e. The molecular formula is C19H35NNa2O13. The van der Waals surface area contributed by atoms with E-state index in [2.05, 4.69) is 11.3 Å². The fraction of sp³-hybridized carbons (Fsp3) is 0.737. The predicted octanol–water partition coefficient (Wildman–Crippen LogP) is -12.1. The Bertz CT molecular complexity index is 522. The van der Waals surface area contributed by atoms with E-state index >= 15 is 0 Å². The number of aliphatic hydroxyl groups is 6. The zero-order valence-electron chi connectivity index (χ0n) is 20.6. The Morgan fingerprint density at radius 1 is 0.886 bits per heavy atom. The van der Waals surface area contributed by atoms with Gasteiger partial charge in [-0.3, -0.25) is 0 Å². The second-order valence-corrected chi connectivity index (χ2v) is 7.00. The summed E-state index contributed by atoms with van der Waals surface area (Å²) >= 11 is 0. The average molecular weight is 531 g/mol. The second-order valence-electron chi connectivity index (χ2n) is 7.00. The first kappa shape index (κ1) is 44.8. The van der Waals surface area contributed by atoms with Crippen LogP contribution in [0.15, 0.2) is 12.7 Å². The smallest absolute Gasteiger partial charge is 0.550 e. The Hall–Kier alpha value is -0.170. The van der Waals surface area contributed by atoms with E-state index in [1.54, 1.807) is 0 Å². The van der Waals surface area contributed by atoms with Crippen LogP contribution in [0.25, 0.3) is 0 Å². The molecule has 0 heterocycles. The minimum Gasteiger partial charge on any atom is -0.550 e. The number of aliphatic carboxylic acids is 2. The van der Waals surface area contributed by atoms with E-state index in [-0.39, 0.29) is 85.2 Å². The molecule has 1 unspecified atom stereocenters. The molecular weight excluding hydrogens is 496 g/mol. The van der Waals surface area contributed by atoms with Crippen molar-refractivity contribution in [1.82, 2.24) is 0 Å². The zero-order chi connectivity index (χ0) is 26.5. The Kier molecular flexibility index (Phi) is 34.4. The fourth-order valence-electron chi connectivity index (χ4n) is 1.53. The molecule has 0 radical (unpaired) electrons. The van der Waals surface area contributed by atoms with Gasteiger partial charge in [-0.15, -0.1) is 0 Å². The van der Waals surface area contributed by atoms with Crippen LogP contribution >= 0.6 is 0 Å². The van der Waals surface area contributed by atoms with Gasteiger partial charge in [0.05, 0.1) is 76.8 Å². The number of carbonyl (C=O) groups is 3. The number of aliphatic hydroxyl groups excluding tert-OH is 6. The maximum Gasteiger partial charge on any atom is 1.00 e. The molecule has 8 N–H and O–H groups in total. The number of methoxy groups -OCH3 is 1. The Morgan fingerprint density at radius 3 is 1.40 bits per heavy atom. The van der Waals surface area contributed by atoms with Gasteiger partial charge < -0.3 is 65.6 Å². The first-order chi connectivity index (χ1) is 15.4. The summed E-state index contributed by atoms with van der Waals surface area (Å²) in [6.45, 7) is 0.152. The zero-order valence-corrected chi connectivity index (χ0v) is 24.6. The van der Waals surface area contributed by atoms with E-state index in [4.69, 9.17) is 41.1 Å². The van der Waals surface area contributed by atoms with Gasteiger partial charge in [-0.1, -0.05) is 6.58 Å². The van der Waals surface area contributed by atoms with Gasteiger partial charge in [-0.2, -0.15) is 0 Å². The molecule has 0 fully saturated rings. The van der Waals surface area contributed by atoms with Crippen molar-refractivity contribution in [3.63, 3.8) is 0 Å². The quantitative estimate of drug-likeness (QED) is 0.0588. The molecule has 0 amide bonds. The molecule has 0 aromatic rings. The van der Waals surface area contributed by atoms with Crippen LogP contribution in [0, 0.1) is 10.8 Å². The first-order valence-corrected chi connectivity index (χ1v) is 9.52. The topological polar surface area (TPSA) is 263 Å². The maximum atomic E-state index is 9.86. The van der Waals surface area contributed by atoms with Crippen LogP contribution < -0.4 is 75.1 Å². The van der Waals surface area contributed by atoms with Gasteiger partial charge >= 0.3 is 65.1 Å². The summed E-state index contributed by atoms with van der Waals surface area (Å²) in [5.74, 6) is -3.15. The van der Waals surface area contributed by atoms with E-state index in [1.165, 1.54) is 7.11 Å². The van der Waals surface area contributed by atoms with E-state index in [1.807, 2.05) is 0 Å². The summed E-state index contributed by atoms with van der Waals surface area (Å²) in [7, 11) is 1.31. The number of carbonyl (C=O) groups excluding carboxylic acids is 3. The maximum absolute atomic E-state index is 9.86. The predicted molar refractivity (Wildman–Crippen MR) is 108 cm³/mol. The molecule has 0 bridgehead atoms. The second kappa shape index (κ2) is 26.9. The van der Waals surface area contributed by atoms with Crippen molar-refractivity contribution < 1.29 is 124 Å². The average Bonchev–Trinajstić information content (AvgIpc) is 2.83. The number of nitrogens with two attached hydrogens (primary N) is 1. The third kappa shape index (κ3) is 22.7. The van der Waals surface area contributed by atoms with Crippen LogP contribution in [0.3, 0.4) is 0 Å². The van der Waals surface area contributed by atoms with Gasteiger partial charge in [0.2, 0.25) is 0 Å². The molecule has 0 saturated carbocycles. The molecule has 0 aromatic heterocycles. The van der Waals surface area contributed by atoms with Crippen molar-refractivity contribution in [3.8, 4) is 0 Å². The van der Waals surface area contributed by atoms with E-state index in [0.29, 0.717) is 0 Å². The summed E-state index contributed by atoms with van der Waals surface area (Å²) in [5.41, 5.74) is 2.59. The van der Waals surface area contributed by atoms with E-state index < -0.39 is 74.4 Å². The molecule has 0 rings (SSSR count). The summed E-state index contributed by atoms with van der Waals surface area (Å²) in [4.78, 5) is 29.4. The van der Waals surface area contributed by atoms with Crippen molar-refractivity contribution in [1.29, 1.82) is 0 Å². The third-order valence-corrected chi connectivity index (χ3v) is 4.16. The van der Waals surface area contributed by atoms with Crippen LogP contribution in [-0.2, 0) is 23.9 Å². The van der Waals surface area contributed by atoms with Crippen LogP contribution in [-0.4, -0.2) is 115 Å². The van der Waals surface area contributed by atoms with E-state index in [9.17, 15) is 24.6 Å². The van der Waals surface area contributed by atoms with Crippen molar-refractivity contribution in [2.45, 2.75) is 18.9 Å². The van der Waals surface area contributed by atoms with Crippen molar-refractivity contribution >= 4 is 17.9 Å². The van der Waals surface area contributed by atoms with Crippen LogP contribution in [0.1, 0.15) is 12.8 Å². The van der Waals surface area contributed by atoms with Crippen molar-refractivity contribution in [3.05, 3.63) is 12.7 Å². The number of carboxylic acid groups (broad SMARTS) is 2. The Labute approximate surface area is 248 Å². The molecule has 35 heavy (non-hydrogen) atoms. The molecule has 0 aliphatic heterocycles. The van der Waals surface area contributed by atoms with Gasteiger partial charge in [-0.05, 0) is 12.8 Å². The summed E-state index contributed by atoms with van der Waals surface area (Å²) in [5, 5.41) is 73.8. The van der Waals surface area contributed by atoms with Gasteiger partial charge in [0.25, 0.3) is 0 Å². The van der Waals surface area contributed by atoms with Crippen molar-refractivity contribution in [2.75, 3.05) is 60.0 Å². The van der Waals surface area contributed by atoms with E-state index in [0.717, 1.165) is 6.08 Å². The number of hydrogen-bond acceptors (Lipinski definition) is 14. The van der Waals surface area contributed by atoms with Crippen LogP contribution in [0.4, 0.5) is 0 Å². The van der Waals surface area contributed by atoms with Gasteiger partial charge in [0.15, 0.2) is 0 Å². The van der Waals surface area contributed by atoms with Crippen molar-refractivity contribution in [2.24, 2.45) is 16.6 Å². The summed E-state index contributed by atoms with van der Waals surface area (Å²) < 4.78 is 9.29. The molecule has 0 saturated heterocycles. The normalized spacial score (nSPS) is 11.1. The number of esters is 1. The molecule has 16 heteroatoms. The summed E-state index contributed by atoms with van der Waals surface area (Å²) in [6, 6.07) is -1.21. The SMILES string of the molecule is C=CC(=O)OC.NC(CCC(=O)[O-])C(=O)[O-].OCC(CO)(CO)COCC(CO)(CO)CO.[Na+].[Na+]. The molecule has 196 valence electrons. The van der Waals surface area contributed by atoms with Crippen LogP contribution in [0.5, 0.6) is 0 Å². The Balaban J connectivity index is -0.000000142. The van der Waals surface area contributed by atoms with Crippen LogP contribution in [0.2, 0.25) is 0 Å². The fourth-order valence-corrected chi connectivity index (χ4v) is 1.53. The Morgan fingerprint density at radius 2 is 1.23 bits per heavy atom. The third-order valence-electron chi connectivity index (χ3n) is 4.16. The number of rotatable bonds is 15. The summed E-state index contributed by atoms with van der Waals surface area (Å²) in [6.07, 6.45) is 0.611. The van der Waals surface area contributed by atoms with Gasteiger partial charge in [-0.25, -0.2) is 4.79 Å². The number of ether oxygens (including phenoxy) is 2. The minimum absolute atomic E-state index is 0. The number of carboxylic acids is 2. The first-order valence-electron chi connectivity index (χ1n) is 9.52. The molecule has 0 aromatic carbocycles. The molecule has 1 atom stereocenters. The van der Waals surface area contributed by atoms with Gasteiger partial charge in [0, 0.05) is 18.1 Å². The monoisotopic (exact) mass is 531 g/mol. The molecule has 14 nitrogen and oxygen atoms in total. The molecule has 0 aliphatic rings. The van der Waals surface area contributed by atoms with Gasteiger partial charge in [0.1, 0.15) is 0 Å². The molecule has 0 spiro atoms. The number of hydrogen-bond donors (Lipinski definition) is 7. The molecule has 0 aliphatic carbocycles.